The minimum absolute atomic E-state index is 0.00664. The van der Waals surface area contributed by atoms with Gasteiger partial charge in [-0.2, -0.15) is 0 Å². The topological polar surface area (TPSA) is 82.6 Å². The standard InChI is InChI=1S/C10H22N3O5P/c1-11(2)19(16,17-3)13-6-4-12(5-7-13)10(15)18-9-8-14/h14H,4-9H2,1-3H3. The van der Waals surface area contributed by atoms with Crippen LogP contribution in [0.1, 0.15) is 0 Å². The predicted octanol–water partition coefficient (Wildman–Crippen LogP) is 0.0490. The Morgan fingerprint density at radius 3 is 2.32 bits per heavy atom. The van der Waals surface area contributed by atoms with Crippen molar-refractivity contribution in [1.29, 1.82) is 0 Å². The van der Waals surface area contributed by atoms with Gasteiger partial charge < -0.3 is 19.3 Å². The minimum atomic E-state index is -2.98. The molecule has 1 fully saturated rings. The summed E-state index contributed by atoms with van der Waals surface area (Å²) in [6, 6.07) is 0. The van der Waals surface area contributed by atoms with Crippen molar-refractivity contribution < 1.29 is 23.7 Å². The van der Waals surface area contributed by atoms with Gasteiger partial charge in [0.05, 0.1) is 6.61 Å². The molecule has 1 N–H and O–H groups in total. The average Bonchev–Trinajstić information content (AvgIpc) is 2.43. The van der Waals surface area contributed by atoms with Crippen LogP contribution in [0.2, 0.25) is 0 Å². The Hall–Kier alpha value is -0.660. The Morgan fingerprint density at radius 1 is 1.32 bits per heavy atom. The summed E-state index contributed by atoms with van der Waals surface area (Å²) in [5.74, 6) is 0. The molecule has 0 aromatic heterocycles. The molecule has 1 aliphatic heterocycles. The van der Waals surface area contributed by atoms with Crippen LogP contribution in [-0.4, -0.2) is 86.0 Å². The Labute approximate surface area is 113 Å². The first-order chi connectivity index (χ1) is 8.95. The Morgan fingerprint density at radius 2 is 1.89 bits per heavy atom. The van der Waals surface area contributed by atoms with Gasteiger partial charge in [-0.05, 0) is 14.1 Å². The SMILES string of the molecule is COP(=O)(N(C)C)N1CCN(C(=O)OCCO)CC1. The maximum atomic E-state index is 12.5. The molecule has 1 atom stereocenters. The summed E-state index contributed by atoms with van der Waals surface area (Å²) in [6.07, 6.45) is -0.453. The average molecular weight is 295 g/mol. The molecule has 1 amide bonds. The highest BCUT2D eigenvalue weighted by atomic mass is 31.2. The Balaban J connectivity index is 2.53. The number of aliphatic hydroxyl groups is 1. The van der Waals surface area contributed by atoms with E-state index >= 15 is 0 Å². The van der Waals surface area contributed by atoms with E-state index in [0.717, 1.165) is 0 Å². The second-order valence-electron chi connectivity index (χ2n) is 4.30. The first-order valence-electron chi connectivity index (χ1n) is 6.07. The number of hydrogen-bond acceptors (Lipinski definition) is 5. The van der Waals surface area contributed by atoms with E-state index < -0.39 is 13.8 Å². The van der Waals surface area contributed by atoms with Gasteiger partial charge >= 0.3 is 13.8 Å². The van der Waals surface area contributed by atoms with Crippen LogP contribution in [0.5, 0.6) is 0 Å². The lowest BCUT2D eigenvalue weighted by Gasteiger charge is -2.39. The highest BCUT2D eigenvalue weighted by molar-refractivity contribution is 7.53. The summed E-state index contributed by atoms with van der Waals surface area (Å²) in [7, 11) is 1.84. The summed E-state index contributed by atoms with van der Waals surface area (Å²) in [5.41, 5.74) is 0. The monoisotopic (exact) mass is 295 g/mol. The third kappa shape index (κ3) is 3.90. The van der Waals surface area contributed by atoms with Crippen LogP contribution in [0.3, 0.4) is 0 Å². The number of hydrogen-bond donors (Lipinski definition) is 1. The zero-order valence-electron chi connectivity index (χ0n) is 11.6. The normalized spacial score (nSPS) is 20.4. The molecule has 1 rings (SSSR count). The largest absolute Gasteiger partial charge is 0.447 e. The number of carbonyl (C=O) groups is 1. The molecule has 112 valence electrons. The molecule has 0 bridgehead atoms. The summed E-state index contributed by atoms with van der Waals surface area (Å²) >= 11 is 0. The molecule has 0 aliphatic carbocycles. The van der Waals surface area contributed by atoms with Crippen molar-refractivity contribution in [2.24, 2.45) is 0 Å². The molecule has 1 unspecified atom stereocenters. The fourth-order valence-corrected chi connectivity index (χ4v) is 3.64. The molecular weight excluding hydrogens is 273 g/mol. The van der Waals surface area contributed by atoms with Gasteiger partial charge in [0.1, 0.15) is 6.61 Å². The van der Waals surface area contributed by atoms with Gasteiger partial charge in [0, 0.05) is 33.3 Å². The van der Waals surface area contributed by atoms with E-state index in [1.54, 1.807) is 23.4 Å². The molecular formula is C10H22N3O5P. The molecule has 1 saturated heterocycles. The molecule has 1 aliphatic rings. The van der Waals surface area contributed by atoms with Crippen molar-refractivity contribution in [2.75, 3.05) is 60.6 Å². The lowest BCUT2D eigenvalue weighted by Crippen LogP contribution is -2.48. The second-order valence-corrected chi connectivity index (χ2v) is 7.01. The summed E-state index contributed by atoms with van der Waals surface area (Å²) in [4.78, 5) is 13.1. The van der Waals surface area contributed by atoms with Crippen molar-refractivity contribution in [3.05, 3.63) is 0 Å². The number of carbonyl (C=O) groups excluding carboxylic acids is 1. The number of piperazine rings is 1. The molecule has 1 heterocycles. The molecule has 0 saturated carbocycles. The number of ether oxygens (including phenoxy) is 1. The van der Waals surface area contributed by atoms with Crippen molar-refractivity contribution >= 4 is 13.8 Å². The summed E-state index contributed by atoms with van der Waals surface area (Å²) < 4.78 is 25.8. The Bertz CT molecular complexity index is 344. The highest BCUT2D eigenvalue weighted by Crippen LogP contribution is 2.51. The fraction of sp³-hybridized carbons (Fsp3) is 0.900. The van der Waals surface area contributed by atoms with E-state index in [2.05, 4.69) is 0 Å². The van der Waals surface area contributed by atoms with Gasteiger partial charge in [-0.15, -0.1) is 0 Å². The molecule has 19 heavy (non-hydrogen) atoms. The van der Waals surface area contributed by atoms with Crippen LogP contribution in [0.25, 0.3) is 0 Å². The maximum absolute atomic E-state index is 12.5. The molecule has 0 aromatic carbocycles. The molecule has 0 aromatic rings. The predicted molar refractivity (Wildman–Crippen MR) is 69.9 cm³/mol. The number of aliphatic hydroxyl groups excluding tert-OH is 1. The first-order valence-corrected chi connectivity index (χ1v) is 7.60. The van der Waals surface area contributed by atoms with E-state index in [1.807, 2.05) is 0 Å². The lowest BCUT2D eigenvalue weighted by atomic mass is 10.4. The lowest BCUT2D eigenvalue weighted by molar-refractivity contribution is 0.0716. The minimum Gasteiger partial charge on any atom is -0.447 e. The van der Waals surface area contributed by atoms with Crippen molar-refractivity contribution in [1.82, 2.24) is 14.2 Å². The third-order valence-electron chi connectivity index (χ3n) is 2.93. The van der Waals surface area contributed by atoms with E-state index in [9.17, 15) is 9.36 Å². The molecule has 0 spiro atoms. The van der Waals surface area contributed by atoms with Gasteiger partial charge in [-0.25, -0.2) is 14.1 Å². The zero-order chi connectivity index (χ0) is 14.5. The second kappa shape index (κ2) is 7.21. The van der Waals surface area contributed by atoms with E-state index in [1.165, 1.54) is 12.0 Å². The van der Waals surface area contributed by atoms with E-state index in [-0.39, 0.29) is 13.2 Å². The zero-order valence-corrected chi connectivity index (χ0v) is 12.5. The first kappa shape index (κ1) is 16.4. The van der Waals surface area contributed by atoms with Gasteiger partial charge in [0.2, 0.25) is 0 Å². The maximum Gasteiger partial charge on any atom is 0.409 e. The van der Waals surface area contributed by atoms with E-state index in [0.29, 0.717) is 26.2 Å². The fourth-order valence-electron chi connectivity index (χ4n) is 1.89. The van der Waals surface area contributed by atoms with Gasteiger partial charge in [0.15, 0.2) is 0 Å². The van der Waals surface area contributed by atoms with Crippen LogP contribution in [0.15, 0.2) is 0 Å². The number of nitrogens with zero attached hydrogens (tertiary/aromatic N) is 3. The van der Waals surface area contributed by atoms with Crippen LogP contribution in [-0.2, 0) is 13.8 Å². The van der Waals surface area contributed by atoms with E-state index in [4.69, 9.17) is 14.4 Å². The molecule has 0 radical (unpaired) electrons. The van der Waals surface area contributed by atoms with Gasteiger partial charge in [-0.3, -0.25) is 4.57 Å². The smallest absolute Gasteiger partial charge is 0.409 e. The third-order valence-corrected chi connectivity index (χ3v) is 5.53. The van der Waals surface area contributed by atoms with Gasteiger partial charge in [0.25, 0.3) is 0 Å². The molecule has 8 nitrogen and oxygen atoms in total. The number of amides is 1. The van der Waals surface area contributed by atoms with Crippen molar-refractivity contribution in [2.45, 2.75) is 0 Å². The van der Waals surface area contributed by atoms with Crippen LogP contribution < -0.4 is 0 Å². The highest BCUT2D eigenvalue weighted by Gasteiger charge is 2.36. The number of rotatable bonds is 5. The quantitative estimate of drug-likeness (QED) is 0.717. The van der Waals surface area contributed by atoms with Crippen LogP contribution in [0.4, 0.5) is 4.79 Å². The summed E-state index contributed by atoms with van der Waals surface area (Å²) in [5, 5.41) is 8.59. The van der Waals surface area contributed by atoms with Crippen molar-refractivity contribution in [3.63, 3.8) is 0 Å². The molecule has 9 heteroatoms. The van der Waals surface area contributed by atoms with Gasteiger partial charge in [-0.1, -0.05) is 0 Å². The summed E-state index contributed by atoms with van der Waals surface area (Å²) in [6.45, 7) is 1.56. The van der Waals surface area contributed by atoms with Crippen LogP contribution in [0, 0.1) is 0 Å². The van der Waals surface area contributed by atoms with Crippen molar-refractivity contribution in [3.8, 4) is 0 Å². The van der Waals surface area contributed by atoms with Crippen LogP contribution >= 0.6 is 7.67 Å². The Kier molecular flexibility index (Phi) is 6.22.